The third-order valence-corrected chi connectivity index (χ3v) is 1.74. The van der Waals surface area contributed by atoms with Crippen molar-refractivity contribution in [2.24, 2.45) is 10.7 Å². The van der Waals surface area contributed by atoms with Gasteiger partial charge in [0.05, 0.1) is 7.11 Å². The Bertz CT molecular complexity index is 459. The molecule has 0 unspecified atom stereocenters. The van der Waals surface area contributed by atoms with Gasteiger partial charge in [0.25, 0.3) is 5.91 Å². The average molecular weight is 224 g/mol. The van der Waals surface area contributed by atoms with Gasteiger partial charge in [-0.05, 0) is 12.2 Å². The van der Waals surface area contributed by atoms with Crippen molar-refractivity contribution in [1.82, 2.24) is 0 Å². The Balaban J connectivity index is 3.30. The van der Waals surface area contributed by atoms with Gasteiger partial charge >= 0.3 is 6.09 Å². The van der Waals surface area contributed by atoms with Crippen molar-refractivity contribution in [1.29, 1.82) is 0 Å². The Labute approximate surface area is 89.9 Å². The summed E-state index contributed by atoms with van der Waals surface area (Å²) in [4.78, 5) is 36.4. The zero-order chi connectivity index (χ0) is 12.3. The third kappa shape index (κ3) is 2.14. The van der Waals surface area contributed by atoms with Gasteiger partial charge < -0.3 is 15.6 Å². The Hall–Kier alpha value is -2.44. The number of carbonyl (C=O) groups is 3. The second-order valence-electron chi connectivity index (χ2n) is 2.75. The number of allylic oxidation sites excluding steroid dienone is 2. The van der Waals surface area contributed by atoms with Crippen LogP contribution in [0, 0.1) is 0 Å². The molecule has 0 atom stereocenters. The predicted octanol–water partition coefficient (Wildman–Crippen LogP) is -0.370. The largest absolute Gasteiger partial charge is 0.507 e. The number of ketones is 1. The highest BCUT2D eigenvalue weighted by atomic mass is 16.5. The lowest BCUT2D eigenvalue weighted by atomic mass is 9.99. The molecule has 1 aliphatic rings. The summed E-state index contributed by atoms with van der Waals surface area (Å²) in [6.45, 7) is 0. The van der Waals surface area contributed by atoms with Gasteiger partial charge in [-0.25, -0.2) is 4.79 Å². The van der Waals surface area contributed by atoms with Crippen LogP contribution in [0.25, 0.3) is 0 Å². The standard InChI is InChI=1S/C9H8N2O5/c1-16-9(15)11-7-5(13)3-2-4(12)6(7)8(10)14/h2-3,12H,1H3,(H2,10,14). The molecule has 84 valence electrons. The first-order valence-corrected chi connectivity index (χ1v) is 4.09. The first kappa shape index (κ1) is 11.6. The zero-order valence-corrected chi connectivity index (χ0v) is 8.26. The molecule has 7 heteroatoms. The van der Waals surface area contributed by atoms with Crippen molar-refractivity contribution in [3.8, 4) is 0 Å². The lowest BCUT2D eigenvalue weighted by molar-refractivity contribution is -0.115. The van der Waals surface area contributed by atoms with Crippen molar-refractivity contribution in [3.05, 3.63) is 23.5 Å². The molecule has 1 rings (SSSR count). The molecular formula is C9H8N2O5. The second kappa shape index (κ2) is 4.39. The first-order chi connectivity index (χ1) is 7.47. The van der Waals surface area contributed by atoms with E-state index < -0.39 is 34.8 Å². The molecule has 3 N–H and O–H groups in total. The summed E-state index contributed by atoms with van der Waals surface area (Å²) in [5.41, 5.74) is 3.92. The number of nitrogens with zero attached hydrogens (tertiary/aromatic N) is 1. The Kier molecular flexibility index (Phi) is 3.19. The fourth-order valence-corrected chi connectivity index (χ4v) is 1.05. The highest BCUT2D eigenvalue weighted by Crippen LogP contribution is 2.13. The van der Waals surface area contributed by atoms with Crippen molar-refractivity contribution in [3.63, 3.8) is 0 Å². The number of aliphatic imine (C=N–C) groups is 1. The van der Waals surface area contributed by atoms with E-state index in [-0.39, 0.29) is 0 Å². The zero-order valence-electron chi connectivity index (χ0n) is 8.26. The molecule has 0 radical (unpaired) electrons. The van der Waals surface area contributed by atoms with Crippen LogP contribution in [0.3, 0.4) is 0 Å². The van der Waals surface area contributed by atoms with E-state index in [9.17, 15) is 19.5 Å². The molecule has 0 aromatic heterocycles. The number of primary amides is 1. The van der Waals surface area contributed by atoms with Crippen LogP contribution in [0.15, 0.2) is 28.5 Å². The van der Waals surface area contributed by atoms with Gasteiger partial charge in [-0.15, -0.1) is 0 Å². The summed E-state index contributed by atoms with van der Waals surface area (Å²) in [5.74, 6) is -2.29. The Morgan fingerprint density at radius 2 is 2.06 bits per heavy atom. The monoisotopic (exact) mass is 224 g/mol. The number of hydrogen-bond donors (Lipinski definition) is 2. The minimum Gasteiger partial charge on any atom is -0.507 e. The van der Waals surface area contributed by atoms with Crippen LogP contribution in [-0.2, 0) is 14.3 Å². The van der Waals surface area contributed by atoms with Crippen LogP contribution < -0.4 is 5.73 Å². The maximum atomic E-state index is 11.3. The topological polar surface area (TPSA) is 119 Å². The van der Waals surface area contributed by atoms with Crippen molar-refractivity contribution < 1.29 is 24.2 Å². The number of rotatable bonds is 1. The molecule has 0 spiro atoms. The molecule has 0 aliphatic heterocycles. The maximum absolute atomic E-state index is 11.3. The molecule has 7 nitrogen and oxygen atoms in total. The predicted molar refractivity (Wildman–Crippen MR) is 52.8 cm³/mol. The highest BCUT2D eigenvalue weighted by molar-refractivity contribution is 6.56. The minimum atomic E-state index is -1.06. The number of methoxy groups -OCH3 is 1. The summed E-state index contributed by atoms with van der Waals surface area (Å²) in [5, 5.41) is 9.32. The average Bonchev–Trinajstić information content (AvgIpc) is 2.22. The van der Waals surface area contributed by atoms with E-state index in [0.29, 0.717) is 0 Å². The van der Waals surface area contributed by atoms with Gasteiger partial charge in [-0.1, -0.05) is 0 Å². The molecule has 0 aromatic rings. The molecule has 0 fully saturated rings. The maximum Gasteiger partial charge on any atom is 0.434 e. The summed E-state index contributed by atoms with van der Waals surface area (Å²) in [6, 6.07) is 0. The molecule has 0 bridgehead atoms. The van der Waals surface area contributed by atoms with Gasteiger partial charge in [-0.3, -0.25) is 9.59 Å². The second-order valence-corrected chi connectivity index (χ2v) is 2.75. The highest BCUT2D eigenvalue weighted by Gasteiger charge is 2.27. The number of ether oxygens (including phenoxy) is 1. The van der Waals surface area contributed by atoms with Crippen LogP contribution in [-0.4, -0.2) is 35.7 Å². The number of hydrogen-bond acceptors (Lipinski definition) is 5. The molecule has 0 saturated carbocycles. The first-order valence-electron chi connectivity index (χ1n) is 4.09. The lowest BCUT2D eigenvalue weighted by Crippen LogP contribution is -2.30. The molecule has 0 heterocycles. The minimum absolute atomic E-state index is 0.502. The van der Waals surface area contributed by atoms with Crippen molar-refractivity contribution in [2.75, 3.05) is 7.11 Å². The normalized spacial score (nSPS) is 17.8. The van der Waals surface area contributed by atoms with Gasteiger partial charge in [0.2, 0.25) is 5.78 Å². The molecule has 1 aliphatic carbocycles. The van der Waals surface area contributed by atoms with Crippen LogP contribution in [0.5, 0.6) is 0 Å². The summed E-state index contributed by atoms with van der Waals surface area (Å²) in [6.07, 6.45) is 0.896. The number of nitrogens with two attached hydrogens (primary N) is 1. The van der Waals surface area contributed by atoms with Gasteiger partial charge in [0.1, 0.15) is 17.0 Å². The van der Waals surface area contributed by atoms with Crippen LogP contribution in [0.1, 0.15) is 0 Å². The molecule has 16 heavy (non-hydrogen) atoms. The Morgan fingerprint density at radius 1 is 1.44 bits per heavy atom. The molecule has 0 saturated heterocycles. The molecule has 0 aromatic carbocycles. The van der Waals surface area contributed by atoms with Crippen LogP contribution in [0.4, 0.5) is 4.79 Å². The molecule has 2 amide bonds. The van der Waals surface area contributed by atoms with E-state index >= 15 is 0 Å². The summed E-state index contributed by atoms with van der Waals surface area (Å²) >= 11 is 0. The molecular weight excluding hydrogens is 216 g/mol. The van der Waals surface area contributed by atoms with Crippen LogP contribution >= 0.6 is 0 Å². The van der Waals surface area contributed by atoms with E-state index in [1.165, 1.54) is 0 Å². The number of carbonyl (C=O) groups excluding carboxylic acids is 3. The lowest BCUT2D eigenvalue weighted by Gasteiger charge is -2.09. The van der Waals surface area contributed by atoms with Gasteiger partial charge in [0, 0.05) is 0 Å². The number of aliphatic hydroxyl groups is 1. The van der Waals surface area contributed by atoms with Gasteiger partial charge in [-0.2, -0.15) is 4.99 Å². The quantitative estimate of drug-likeness (QED) is 0.589. The number of amides is 2. The summed E-state index contributed by atoms with van der Waals surface area (Å²) in [7, 11) is 1.06. The smallest absolute Gasteiger partial charge is 0.434 e. The Morgan fingerprint density at radius 3 is 2.56 bits per heavy atom. The van der Waals surface area contributed by atoms with E-state index in [0.717, 1.165) is 19.3 Å². The fourth-order valence-electron chi connectivity index (χ4n) is 1.05. The fraction of sp³-hybridized carbons (Fsp3) is 0.111. The van der Waals surface area contributed by atoms with Gasteiger partial charge in [0.15, 0.2) is 0 Å². The van der Waals surface area contributed by atoms with E-state index in [2.05, 4.69) is 9.73 Å². The van der Waals surface area contributed by atoms with Crippen molar-refractivity contribution in [2.45, 2.75) is 0 Å². The third-order valence-electron chi connectivity index (χ3n) is 1.74. The van der Waals surface area contributed by atoms with Crippen molar-refractivity contribution >= 4 is 23.5 Å². The van der Waals surface area contributed by atoms with E-state index in [1.54, 1.807) is 0 Å². The number of aliphatic hydroxyl groups excluding tert-OH is 1. The summed E-state index contributed by atoms with van der Waals surface area (Å²) < 4.78 is 4.21. The van der Waals surface area contributed by atoms with E-state index in [4.69, 9.17) is 5.73 Å². The van der Waals surface area contributed by atoms with E-state index in [1.807, 2.05) is 0 Å². The SMILES string of the molecule is COC(=O)N=C1C(=O)C=CC(O)=C1C(N)=O. The van der Waals surface area contributed by atoms with Crippen LogP contribution in [0.2, 0.25) is 0 Å².